The summed E-state index contributed by atoms with van der Waals surface area (Å²) in [6.45, 7) is 3.63. The molecule has 0 spiro atoms. The molecule has 0 saturated heterocycles. The van der Waals surface area contributed by atoms with E-state index in [1.54, 1.807) is 0 Å². The average Bonchev–Trinajstić information content (AvgIpc) is 3.03. The third kappa shape index (κ3) is 2.98. The Hall–Kier alpha value is -0.550. The summed E-state index contributed by atoms with van der Waals surface area (Å²) in [5, 5.41) is 9.40. The highest BCUT2D eigenvalue weighted by atomic mass is 32.2. The average molecular weight is 240 g/mol. The van der Waals surface area contributed by atoms with Crippen molar-refractivity contribution < 1.29 is 0 Å². The summed E-state index contributed by atoms with van der Waals surface area (Å²) in [5.41, 5.74) is 5.65. The van der Waals surface area contributed by atoms with E-state index in [4.69, 9.17) is 5.73 Å². The molecule has 1 aliphatic carbocycles. The van der Waals surface area contributed by atoms with Crippen molar-refractivity contribution in [2.24, 2.45) is 11.7 Å². The number of nitrogens with zero attached hydrogens (tertiary/aromatic N) is 3. The molecule has 1 saturated carbocycles. The van der Waals surface area contributed by atoms with Crippen molar-refractivity contribution in [2.45, 2.75) is 50.9 Å². The van der Waals surface area contributed by atoms with Crippen molar-refractivity contribution in [3.8, 4) is 0 Å². The van der Waals surface area contributed by atoms with Gasteiger partial charge in [0, 0.05) is 12.3 Å². The zero-order chi connectivity index (χ0) is 11.4. The predicted octanol–water partition coefficient (Wildman–Crippen LogP) is 2.04. The second kappa shape index (κ2) is 5.68. The van der Waals surface area contributed by atoms with Gasteiger partial charge in [-0.05, 0) is 18.8 Å². The van der Waals surface area contributed by atoms with Gasteiger partial charge < -0.3 is 10.3 Å². The number of hydrogen-bond donors (Lipinski definition) is 1. The lowest BCUT2D eigenvalue weighted by Gasteiger charge is -2.07. The molecule has 1 fully saturated rings. The number of nitrogens with two attached hydrogens (primary N) is 1. The molecule has 0 aromatic carbocycles. The highest BCUT2D eigenvalue weighted by Gasteiger charge is 2.21. The first-order chi connectivity index (χ1) is 7.85. The molecule has 5 heteroatoms. The van der Waals surface area contributed by atoms with Crippen LogP contribution in [0, 0.1) is 5.92 Å². The van der Waals surface area contributed by atoms with Gasteiger partial charge in [-0.3, -0.25) is 0 Å². The van der Waals surface area contributed by atoms with Gasteiger partial charge in [-0.15, -0.1) is 10.2 Å². The molecule has 16 heavy (non-hydrogen) atoms. The van der Waals surface area contributed by atoms with Gasteiger partial charge in [0.05, 0.1) is 6.54 Å². The molecule has 0 aliphatic heterocycles. The molecule has 1 aromatic rings. The van der Waals surface area contributed by atoms with Crippen molar-refractivity contribution in [1.82, 2.24) is 14.8 Å². The van der Waals surface area contributed by atoms with Gasteiger partial charge in [0.15, 0.2) is 5.16 Å². The zero-order valence-corrected chi connectivity index (χ0v) is 10.7. The van der Waals surface area contributed by atoms with Crippen LogP contribution in [0.1, 0.15) is 38.4 Å². The standard InChI is InChI=1S/C11H20N4S/c1-2-6-15-10(8-12)13-14-11(15)16-7-5-9-3-4-9/h9H,2-8,12H2,1H3. The Morgan fingerprint density at radius 1 is 1.44 bits per heavy atom. The molecular formula is C11H20N4S. The molecule has 0 bridgehead atoms. The lowest BCUT2D eigenvalue weighted by atomic mass is 10.3. The minimum absolute atomic E-state index is 0.482. The summed E-state index contributed by atoms with van der Waals surface area (Å²) in [6, 6.07) is 0. The Bertz CT molecular complexity index is 333. The smallest absolute Gasteiger partial charge is 0.191 e. The quantitative estimate of drug-likeness (QED) is 0.741. The third-order valence-corrected chi connectivity index (χ3v) is 3.88. The lowest BCUT2D eigenvalue weighted by molar-refractivity contribution is 0.592. The second-order valence-corrected chi connectivity index (χ2v) is 5.40. The Morgan fingerprint density at radius 3 is 2.88 bits per heavy atom. The SMILES string of the molecule is CCCn1c(CN)nnc1SCCC1CC1. The largest absolute Gasteiger partial charge is 0.324 e. The van der Waals surface area contributed by atoms with E-state index in [-0.39, 0.29) is 0 Å². The van der Waals surface area contributed by atoms with Gasteiger partial charge in [0.25, 0.3) is 0 Å². The van der Waals surface area contributed by atoms with Crippen LogP contribution in [0.5, 0.6) is 0 Å². The molecule has 4 nitrogen and oxygen atoms in total. The van der Waals surface area contributed by atoms with Gasteiger partial charge in [-0.25, -0.2) is 0 Å². The molecule has 0 radical (unpaired) electrons. The van der Waals surface area contributed by atoms with Gasteiger partial charge in [0.2, 0.25) is 0 Å². The van der Waals surface area contributed by atoms with E-state index >= 15 is 0 Å². The fraction of sp³-hybridized carbons (Fsp3) is 0.818. The zero-order valence-electron chi connectivity index (χ0n) is 9.85. The van der Waals surface area contributed by atoms with E-state index in [9.17, 15) is 0 Å². The first-order valence-corrected chi connectivity index (χ1v) is 7.08. The van der Waals surface area contributed by atoms with Gasteiger partial charge in [-0.1, -0.05) is 31.5 Å². The van der Waals surface area contributed by atoms with Crippen LogP contribution in [0.25, 0.3) is 0 Å². The van der Waals surface area contributed by atoms with E-state index in [2.05, 4.69) is 21.7 Å². The van der Waals surface area contributed by atoms with Crippen LogP contribution in [0.15, 0.2) is 5.16 Å². The highest BCUT2D eigenvalue weighted by Crippen LogP contribution is 2.34. The van der Waals surface area contributed by atoms with Crippen molar-refractivity contribution in [1.29, 1.82) is 0 Å². The molecule has 0 unspecified atom stereocenters. The number of thioether (sulfide) groups is 1. The summed E-state index contributed by atoms with van der Waals surface area (Å²) < 4.78 is 2.16. The van der Waals surface area contributed by atoms with Crippen LogP contribution in [0.4, 0.5) is 0 Å². The van der Waals surface area contributed by atoms with Crippen LogP contribution < -0.4 is 5.73 Å². The fourth-order valence-corrected chi connectivity index (χ4v) is 2.83. The summed E-state index contributed by atoms with van der Waals surface area (Å²) in [6.07, 6.45) is 5.27. The molecule has 90 valence electrons. The van der Waals surface area contributed by atoms with E-state index in [1.165, 1.54) is 19.3 Å². The summed E-state index contributed by atoms with van der Waals surface area (Å²) in [7, 11) is 0. The summed E-state index contributed by atoms with van der Waals surface area (Å²) >= 11 is 1.83. The first kappa shape index (κ1) is 11.9. The van der Waals surface area contributed by atoms with Crippen molar-refractivity contribution >= 4 is 11.8 Å². The van der Waals surface area contributed by atoms with Gasteiger partial charge in [-0.2, -0.15) is 0 Å². The summed E-state index contributed by atoms with van der Waals surface area (Å²) in [5.74, 6) is 3.07. The fourth-order valence-electron chi connectivity index (χ4n) is 1.75. The maximum Gasteiger partial charge on any atom is 0.191 e. The van der Waals surface area contributed by atoms with Gasteiger partial charge >= 0.3 is 0 Å². The lowest BCUT2D eigenvalue weighted by Crippen LogP contribution is -2.09. The Morgan fingerprint density at radius 2 is 2.25 bits per heavy atom. The van der Waals surface area contributed by atoms with Crippen LogP contribution in [-0.2, 0) is 13.1 Å². The molecule has 1 heterocycles. The maximum atomic E-state index is 5.65. The van der Waals surface area contributed by atoms with E-state index in [0.29, 0.717) is 6.54 Å². The Kier molecular flexibility index (Phi) is 4.23. The topological polar surface area (TPSA) is 56.7 Å². The van der Waals surface area contributed by atoms with E-state index < -0.39 is 0 Å². The molecule has 0 amide bonds. The number of hydrogen-bond acceptors (Lipinski definition) is 4. The Labute approximate surface area is 101 Å². The first-order valence-electron chi connectivity index (χ1n) is 6.10. The number of rotatable bonds is 7. The molecule has 2 rings (SSSR count). The molecular weight excluding hydrogens is 220 g/mol. The van der Waals surface area contributed by atoms with Crippen LogP contribution >= 0.6 is 11.8 Å². The van der Waals surface area contributed by atoms with Crippen molar-refractivity contribution in [2.75, 3.05) is 5.75 Å². The normalized spacial score (nSPS) is 15.6. The van der Waals surface area contributed by atoms with Crippen molar-refractivity contribution in [3.05, 3.63) is 5.82 Å². The minimum Gasteiger partial charge on any atom is -0.324 e. The van der Waals surface area contributed by atoms with Crippen LogP contribution in [-0.4, -0.2) is 20.5 Å². The monoisotopic (exact) mass is 240 g/mol. The van der Waals surface area contributed by atoms with Gasteiger partial charge in [0.1, 0.15) is 5.82 Å². The molecule has 1 aliphatic rings. The maximum absolute atomic E-state index is 5.65. The van der Waals surface area contributed by atoms with Crippen molar-refractivity contribution in [3.63, 3.8) is 0 Å². The van der Waals surface area contributed by atoms with Crippen LogP contribution in [0.2, 0.25) is 0 Å². The van der Waals surface area contributed by atoms with Crippen LogP contribution in [0.3, 0.4) is 0 Å². The highest BCUT2D eigenvalue weighted by molar-refractivity contribution is 7.99. The van der Waals surface area contributed by atoms with E-state index in [1.807, 2.05) is 11.8 Å². The predicted molar refractivity (Wildman–Crippen MR) is 66.3 cm³/mol. The minimum atomic E-state index is 0.482. The number of aromatic nitrogens is 3. The molecule has 0 atom stereocenters. The summed E-state index contributed by atoms with van der Waals surface area (Å²) in [4.78, 5) is 0. The second-order valence-electron chi connectivity index (χ2n) is 4.34. The molecule has 2 N–H and O–H groups in total. The third-order valence-electron chi connectivity index (χ3n) is 2.88. The van der Waals surface area contributed by atoms with E-state index in [0.717, 1.165) is 35.6 Å². The Balaban J connectivity index is 1.91. The molecule has 1 aromatic heterocycles.